The highest BCUT2D eigenvalue weighted by Crippen LogP contribution is 2.27. The first-order valence-corrected chi connectivity index (χ1v) is 11.8. The molecule has 2 N–H and O–H groups in total. The van der Waals surface area contributed by atoms with Gasteiger partial charge in [-0.05, 0) is 49.7 Å². The number of rotatable bonds is 7. The number of aromatic nitrogens is 3. The molecule has 3 aromatic rings. The Labute approximate surface area is 204 Å². The van der Waals surface area contributed by atoms with Crippen molar-refractivity contribution in [3.8, 4) is 11.4 Å². The Morgan fingerprint density at radius 1 is 1.23 bits per heavy atom. The Balaban J connectivity index is 1.86. The third kappa shape index (κ3) is 5.35. The van der Waals surface area contributed by atoms with E-state index in [4.69, 9.17) is 16.3 Å². The Kier molecular flexibility index (Phi) is 7.31. The van der Waals surface area contributed by atoms with E-state index < -0.39 is 39.0 Å². The molecule has 1 unspecified atom stereocenters. The van der Waals surface area contributed by atoms with Crippen LogP contribution < -0.4 is 26.0 Å². The molecule has 1 atom stereocenters. The van der Waals surface area contributed by atoms with Crippen molar-refractivity contribution in [1.29, 1.82) is 0 Å². The van der Waals surface area contributed by atoms with Gasteiger partial charge in [0.1, 0.15) is 23.7 Å². The average molecular weight is 526 g/mol. The second-order valence-corrected chi connectivity index (χ2v) is 9.58. The summed E-state index contributed by atoms with van der Waals surface area (Å²) in [7, 11) is -1.55. The maximum atomic E-state index is 14.6. The van der Waals surface area contributed by atoms with Crippen LogP contribution in [-0.2, 0) is 21.9 Å². The molecule has 0 bridgehead atoms. The van der Waals surface area contributed by atoms with Gasteiger partial charge in [0, 0.05) is 7.05 Å². The molecule has 0 aliphatic carbocycles. The van der Waals surface area contributed by atoms with E-state index >= 15 is 0 Å². The predicted octanol–water partition coefficient (Wildman–Crippen LogP) is 1.35. The van der Waals surface area contributed by atoms with E-state index in [1.54, 1.807) is 6.92 Å². The van der Waals surface area contributed by atoms with Crippen molar-refractivity contribution in [2.24, 2.45) is 7.05 Å². The van der Waals surface area contributed by atoms with Crippen LogP contribution >= 0.6 is 11.6 Å². The largest absolute Gasteiger partial charge is 0.496 e. The molecule has 0 saturated heterocycles. The lowest BCUT2D eigenvalue weighted by molar-refractivity contribution is -0.119. The van der Waals surface area contributed by atoms with E-state index in [2.05, 4.69) is 10.4 Å². The van der Waals surface area contributed by atoms with Crippen LogP contribution in [0.1, 0.15) is 12.5 Å². The lowest BCUT2D eigenvalue weighted by Crippen LogP contribution is -2.41. The highest BCUT2D eigenvalue weighted by molar-refractivity contribution is 7.90. The molecule has 0 spiro atoms. The maximum Gasteiger partial charge on any atom is 0.352 e. The lowest BCUT2D eigenvalue weighted by atomic mass is 10.2. The Morgan fingerprint density at radius 2 is 1.91 bits per heavy atom. The molecule has 0 fully saturated rings. The summed E-state index contributed by atoms with van der Waals surface area (Å²) < 4.78 is 48.3. The number of halogens is 2. The topological polar surface area (TPSA) is 141 Å². The van der Waals surface area contributed by atoms with Gasteiger partial charge in [-0.3, -0.25) is 14.2 Å². The lowest BCUT2D eigenvalue weighted by Gasteiger charge is -2.18. The summed E-state index contributed by atoms with van der Waals surface area (Å²) >= 11 is 6.08. The number of hydrogen-bond acceptors (Lipinski definition) is 8. The summed E-state index contributed by atoms with van der Waals surface area (Å²) in [6.07, 6.45) is 0.838. The number of methoxy groups -OCH3 is 1. The Bertz CT molecular complexity index is 1540. The first-order valence-electron chi connectivity index (χ1n) is 9.98. The van der Waals surface area contributed by atoms with E-state index in [9.17, 15) is 27.2 Å². The number of anilines is 1. The van der Waals surface area contributed by atoms with Crippen LogP contribution in [-0.4, -0.2) is 41.8 Å². The fourth-order valence-corrected chi connectivity index (χ4v) is 4.40. The summed E-state index contributed by atoms with van der Waals surface area (Å²) in [5.41, 5.74) is -1.35. The molecule has 1 heterocycles. The van der Waals surface area contributed by atoms with E-state index in [0.717, 1.165) is 22.9 Å². The van der Waals surface area contributed by atoms with E-state index in [1.807, 2.05) is 4.72 Å². The van der Waals surface area contributed by atoms with Gasteiger partial charge in [0.25, 0.3) is 21.5 Å². The van der Waals surface area contributed by atoms with Crippen molar-refractivity contribution >= 4 is 33.2 Å². The van der Waals surface area contributed by atoms with Crippen LogP contribution in [0.5, 0.6) is 5.75 Å². The van der Waals surface area contributed by atoms with Gasteiger partial charge in [-0.2, -0.15) is 9.78 Å². The van der Waals surface area contributed by atoms with Crippen LogP contribution in [0, 0.1) is 12.7 Å². The molecule has 2 aromatic carbocycles. The van der Waals surface area contributed by atoms with Gasteiger partial charge in [0.15, 0.2) is 5.82 Å². The summed E-state index contributed by atoms with van der Waals surface area (Å²) in [5.74, 6) is -1.35. The minimum atomic E-state index is -4.20. The minimum absolute atomic E-state index is 0.0194. The third-order valence-electron chi connectivity index (χ3n) is 5.02. The molecule has 35 heavy (non-hydrogen) atoms. The summed E-state index contributed by atoms with van der Waals surface area (Å²) in [5, 5.41) is 6.20. The number of carbonyl (C=O) groups is 1. The van der Waals surface area contributed by atoms with Gasteiger partial charge in [-0.25, -0.2) is 22.3 Å². The Morgan fingerprint density at radius 3 is 2.54 bits per heavy atom. The number of hydrogen-bond donors (Lipinski definition) is 2. The van der Waals surface area contributed by atoms with Crippen LogP contribution in [0.4, 0.5) is 10.1 Å². The van der Waals surface area contributed by atoms with Gasteiger partial charge in [-0.1, -0.05) is 11.6 Å². The SMILES string of the molecule is COc1ccc(S(=O)(=O)NC(=O)C(C)Nc2cc(-n3ncc(=O)n(C)c3=O)c(F)cc2Cl)cc1C. The smallest absolute Gasteiger partial charge is 0.352 e. The fourth-order valence-electron chi connectivity index (χ4n) is 3.05. The molecule has 1 amide bonds. The van der Waals surface area contributed by atoms with Crippen LogP contribution in [0.25, 0.3) is 5.69 Å². The van der Waals surface area contributed by atoms with Crippen molar-refractivity contribution < 1.29 is 22.3 Å². The molecule has 0 radical (unpaired) electrons. The zero-order valence-electron chi connectivity index (χ0n) is 19.0. The van der Waals surface area contributed by atoms with Crippen molar-refractivity contribution in [2.75, 3.05) is 12.4 Å². The quantitative estimate of drug-likeness (QED) is 0.471. The van der Waals surface area contributed by atoms with Crippen molar-refractivity contribution in [1.82, 2.24) is 19.1 Å². The molecule has 0 aliphatic heterocycles. The van der Waals surface area contributed by atoms with E-state index in [1.165, 1.54) is 39.3 Å². The molecular formula is C21H21ClFN5O6S. The number of aryl methyl sites for hydroxylation is 1. The first kappa shape index (κ1) is 25.9. The van der Waals surface area contributed by atoms with Crippen LogP contribution in [0.2, 0.25) is 5.02 Å². The molecule has 0 saturated carbocycles. The minimum Gasteiger partial charge on any atom is -0.496 e. The number of carbonyl (C=O) groups excluding carboxylic acids is 1. The molecule has 3 rings (SSSR count). The third-order valence-corrected chi connectivity index (χ3v) is 6.68. The predicted molar refractivity (Wildman–Crippen MR) is 126 cm³/mol. The molecule has 186 valence electrons. The van der Waals surface area contributed by atoms with Gasteiger partial charge in [-0.15, -0.1) is 0 Å². The number of nitrogens with one attached hydrogen (secondary N) is 2. The molecule has 0 aliphatic rings. The molecule has 14 heteroatoms. The first-order chi connectivity index (χ1) is 16.4. The number of amides is 1. The number of sulfonamides is 1. The molecular weight excluding hydrogens is 505 g/mol. The van der Waals surface area contributed by atoms with Crippen molar-refractivity contribution in [2.45, 2.75) is 24.8 Å². The second-order valence-electron chi connectivity index (χ2n) is 7.49. The molecule has 11 nitrogen and oxygen atoms in total. The normalized spacial score (nSPS) is 12.2. The summed E-state index contributed by atoms with van der Waals surface area (Å²) in [6, 6.07) is 4.96. The van der Waals surface area contributed by atoms with Crippen molar-refractivity contribution in [3.05, 3.63) is 73.8 Å². The van der Waals surface area contributed by atoms with Crippen LogP contribution in [0.3, 0.4) is 0 Å². The summed E-state index contributed by atoms with van der Waals surface area (Å²) in [6.45, 7) is 3.02. The van der Waals surface area contributed by atoms with Gasteiger partial charge < -0.3 is 10.1 Å². The maximum absolute atomic E-state index is 14.6. The van der Waals surface area contributed by atoms with Gasteiger partial charge >= 0.3 is 5.69 Å². The van der Waals surface area contributed by atoms with E-state index in [0.29, 0.717) is 16.0 Å². The standard InChI is InChI=1S/C21H21ClFN5O6S/c1-11-7-13(5-6-18(11)34-4)35(32,33)26-20(30)12(2)25-16-9-17(15(23)8-14(16)22)28-21(31)27(3)19(29)10-24-28/h5-10,12,25H,1-4H3,(H,26,30). The van der Waals surface area contributed by atoms with E-state index in [-0.39, 0.29) is 21.3 Å². The zero-order valence-corrected chi connectivity index (χ0v) is 20.6. The zero-order chi connectivity index (χ0) is 26.1. The molecule has 1 aromatic heterocycles. The number of benzene rings is 2. The van der Waals surface area contributed by atoms with Gasteiger partial charge in [0.05, 0.1) is 22.7 Å². The average Bonchev–Trinajstić information content (AvgIpc) is 2.79. The highest BCUT2D eigenvalue weighted by atomic mass is 35.5. The number of nitrogens with zero attached hydrogens (tertiary/aromatic N) is 3. The number of ether oxygens (including phenoxy) is 1. The second kappa shape index (κ2) is 9.88. The summed E-state index contributed by atoms with van der Waals surface area (Å²) in [4.78, 5) is 36.4. The Hall–Kier alpha value is -3.71. The van der Waals surface area contributed by atoms with Gasteiger partial charge in [0.2, 0.25) is 0 Å². The highest BCUT2D eigenvalue weighted by Gasteiger charge is 2.24. The fraction of sp³-hybridized carbons (Fsp3) is 0.238. The van der Waals surface area contributed by atoms with Crippen molar-refractivity contribution in [3.63, 3.8) is 0 Å². The monoisotopic (exact) mass is 525 g/mol. The van der Waals surface area contributed by atoms with Crippen LogP contribution in [0.15, 0.2) is 51.0 Å².